The zero-order valence-corrected chi connectivity index (χ0v) is 8.52. The number of hydrogen-bond donors (Lipinski definition) is 1. The van der Waals surface area contributed by atoms with Crippen molar-refractivity contribution in [3.63, 3.8) is 0 Å². The van der Waals surface area contributed by atoms with E-state index in [1.165, 1.54) is 6.07 Å². The fraction of sp³-hybridized carbons (Fsp3) is 0.500. The minimum absolute atomic E-state index is 0.0876. The highest BCUT2D eigenvalue weighted by atomic mass is 35.5. The Bertz CT molecular complexity index is 348. The molecule has 4 heteroatoms. The lowest BCUT2D eigenvalue weighted by Gasteiger charge is -2.23. The Balaban J connectivity index is 2.36. The van der Waals surface area contributed by atoms with Crippen molar-refractivity contribution >= 4 is 11.6 Å². The summed E-state index contributed by atoms with van der Waals surface area (Å²) in [6.45, 7) is 0. The van der Waals surface area contributed by atoms with Gasteiger partial charge in [-0.25, -0.2) is 9.37 Å². The molecule has 0 aliphatic heterocycles. The van der Waals surface area contributed by atoms with E-state index in [-0.39, 0.29) is 5.15 Å². The van der Waals surface area contributed by atoms with Crippen LogP contribution in [-0.2, 0) is 5.54 Å². The summed E-state index contributed by atoms with van der Waals surface area (Å²) in [6.07, 6.45) is 5.57. The van der Waals surface area contributed by atoms with Gasteiger partial charge in [0, 0.05) is 11.7 Å². The van der Waals surface area contributed by atoms with Crippen LogP contribution >= 0.6 is 11.6 Å². The van der Waals surface area contributed by atoms with Gasteiger partial charge in [-0.3, -0.25) is 0 Å². The van der Waals surface area contributed by atoms with Crippen LogP contribution in [0.4, 0.5) is 4.39 Å². The van der Waals surface area contributed by atoms with Gasteiger partial charge in [-0.15, -0.1) is 0 Å². The van der Waals surface area contributed by atoms with Crippen LogP contribution in [0.5, 0.6) is 0 Å². The first kappa shape index (κ1) is 9.87. The lowest BCUT2D eigenvalue weighted by atomic mass is 9.91. The molecule has 2 nitrogen and oxygen atoms in total. The lowest BCUT2D eigenvalue weighted by Crippen LogP contribution is -2.33. The predicted molar refractivity (Wildman–Crippen MR) is 53.5 cm³/mol. The highest BCUT2D eigenvalue weighted by molar-refractivity contribution is 6.29. The first-order valence-electron chi connectivity index (χ1n) is 4.72. The molecule has 1 saturated carbocycles. The average Bonchev–Trinajstić information content (AvgIpc) is 2.58. The Labute approximate surface area is 87.3 Å². The van der Waals surface area contributed by atoms with Gasteiger partial charge in [-0.2, -0.15) is 0 Å². The third-order valence-corrected chi connectivity index (χ3v) is 3.15. The summed E-state index contributed by atoms with van der Waals surface area (Å²) in [5, 5.41) is -0.0876. The third-order valence-electron chi connectivity index (χ3n) is 2.87. The number of aromatic nitrogens is 1. The van der Waals surface area contributed by atoms with E-state index < -0.39 is 11.4 Å². The summed E-state index contributed by atoms with van der Waals surface area (Å²) in [5.74, 6) is -0.485. The molecule has 1 aromatic heterocycles. The van der Waals surface area contributed by atoms with E-state index in [2.05, 4.69) is 4.98 Å². The van der Waals surface area contributed by atoms with Crippen molar-refractivity contribution < 1.29 is 4.39 Å². The smallest absolute Gasteiger partial charge is 0.164 e. The van der Waals surface area contributed by atoms with Gasteiger partial charge in [0.1, 0.15) is 0 Å². The summed E-state index contributed by atoms with van der Waals surface area (Å²) in [5.41, 5.74) is 6.52. The molecule has 2 rings (SSSR count). The van der Waals surface area contributed by atoms with Crippen molar-refractivity contribution in [1.29, 1.82) is 0 Å². The Kier molecular flexibility index (Phi) is 2.45. The molecule has 1 heterocycles. The van der Waals surface area contributed by atoms with Crippen LogP contribution in [0.3, 0.4) is 0 Å². The highest BCUT2D eigenvalue weighted by Crippen LogP contribution is 2.36. The minimum atomic E-state index is -0.485. The Morgan fingerprint density at radius 2 is 2.07 bits per heavy atom. The Morgan fingerprint density at radius 1 is 1.43 bits per heavy atom. The van der Waals surface area contributed by atoms with Crippen molar-refractivity contribution in [3.05, 3.63) is 28.8 Å². The van der Waals surface area contributed by atoms with Gasteiger partial charge in [0.05, 0.1) is 0 Å². The van der Waals surface area contributed by atoms with E-state index in [1.54, 1.807) is 6.20 Å². The third kappa shape index (κ3) is 1.62. The van der Waals surface area contributed by atoms with Crippen molar-refractivity contribution in [3.8, 4) is 0 Å². The fourth-order valence-corrected chi connectivity index (χ4v) is 2.09. The first-order valence-corrected chi connectivity index (χ1v) is 5.10. The van der Waals surface area contributed by atoms with Gasteiger partial charge >= 0.3 is 0 Å². The maximum Gasteiger partial charge on any atom is 0.164 e. The van der Waals surface area contributed by atoms with E-state index in [1.807, 2.05) is 0 Å². The molecule has 2 N–H and O–H groups in total. The normalized spacial score (nSPS) is 19.9. The number of pyridine rings is 1. The minimum Gasteiger partial charge on any atom is -0.321 e. The molecule has 0 saturated heterocycles. The largest absolute Gasteiger partial charge is 0.321 e. The molecule has 14 heavy (non-hydrogen) atoms. The summed E-state index contributed by atoms with van der Waals surface area (Å²) in [6, 6.07) is 1.40. The number of halogens is 2. The second-order valence-electron chi connectivity index (χ2n) is 3.86. The highest BCUT2D eigenvalue weighted by Gasteiger charge is 2.31. The molecule has 1 aromatic rings. The maximum atomic E-state index is 13.2. The summed E-state index contributed by atoms with van der Waals surface area (Å²) >= 11 is 5.51. The van der Waals surface area contributed by atoms with Gasteiger partial charge in [0.2, 0.25) is 0 Å². The molecular formula is C10H12ClFN2. The van der Waals surface area contributed by atoms with Crippen molar-refractivity contribution in [1.82, 2.24) is 4.98 Å². The van der Waals surface area contributed by atoms with Crippen LogP contribution in [0.1, 0.15) is 31.2 Å². The Morgan fingerprint density at radius 3 is 2.64 bits per heavy atom. The number of hydrogen-bond acceptors (Lipinski definition) is 2. The van der Waals surface area contributed by atoms with Crippen molar-refractivity contribution in [2.75, 3.05) is 0 Å². The van der Waals surface area contributed by atoms with E-state index in [0.29, 0.717) is 0 Å². The molecular weight excluding hydrogens is 203 g/mol. The molecule has 0 aromatic carbocycles. The summed E-state index contributed by atoms with van der Waals surface area (Å²) in [7, 11) is 0. The van der Waals surface area contributed by atoms with Crippen molar-refractivity contribution in [2.45, 2.75) is 31.2 Å². The SMILES string of the molecule is NC1(c2cnc(Cl)c(F)c2)CCCC1. The van der Waals surface area contributed by atoms with Crippen molar-refractivity contribution in [2.24, 2.45) is 5.73 Å². The molecule has 0 spiro atoms. The molecule has 0 unspecified atom stereocenters. The second kappa shape index (κ2) is 3.48. The molecule has 1 aliphatic carbocycles. The number of nitrogens with two attached hydrogens (primary N) is 1. The van der Waals surface area contributed by atoms with Gasteiger partial charge in [0.25, 0.3) is 0 Å². The van der Waals surface area contributed by atoms with Gasteiger partial charge < -0.3 is 5.73 Å². The molecule has 0 bridgehead atoms. The lowest BCUT2D eigenvalue weighted by molar-refractivity contribution is 0.455. The zero-order chi connectivity index (χ0) is 10.2. The average molecular weight is 215 g/mol. The molecule has 76 valence electrons. The van der Waals surface area contributed by atoms with E-state index in [4.69, 9.17) is 17.3 Å². The Hall–Kier alpha value is -0.670. The topological polar surface area (TPSA) is 38.9 Å². The fourth-order valence-electron chi connectivity index (χ4n) is 1.99. The van der Waals surface area contributed by atoms with Crippen LogP contribution in [0.2, 0.25) is 5.15 Å². The van der Waals surface area contributed by atoms with Gasteiger partial charge in [-0.1, -0.05) is 24.4 Å². The van der Waals surface area contributed by atoms with E-state index in [0.717, 1.165) is 31.2 Å². The molecule has 1 fully saturated rings. The van der Waals surface area contributed by atoms with Crippen LogP contribution in [-0.4, -0.2) is 4.98 Å². The van der Waals surface area contributed by atoms with E-state index >= 15 is 0 Å². The van der Waals surface area contributed by atoms with Gasteiger partial charge in [-0.05, 0) is 24.5 Å². The summed E-state index contributed by atoms with van der Waals surface area (Å²) < 4.78 is 13.2. The molecule has 1 aliphatic rings. The van der Waals surface area contributed by atoms with Gasteiger partial charge in [0.15, 0.2) is 11.0 Å². The molecule has 0 radical (unpaired) electrons. The van der Waals surface area contributed by atoms with Crippen LogP contribution in [0.15, 0.2) is 12.3 Å². The standard InChI is InChI=1S/C10H12ClFN2/c11-9-8(12)5-7(6-14-9)10(13)3-1-2-4-10/h5-6H,1-4,13H2. The number of rotatable bonds is 1. The monoisotopic (exact) mass is 214 g/mol. The van der Waals surface area contributed by atoms with Crippen LogP contribution in [0.25, 0.3) is 0 Å². The van der Waals surface area contributed by atoms with E-state index in [9.17, 15) is 4.39 Å². The van der Waals surface area contributed by atoms with Crippen LogP contribution in [0, 0.1) is 5.82 Å². The first-order chi connectivity index (χ1) is 6.62. The van der Waals surface area contributed by atoms with Crippen LogP contribution < -0.4 is 5.73 Å². The number of nitrogens with zero attached hydrogens (tertiary/aromatic N) is 1. The molecule has 0 amide bonds. The second-order valence-corrected chi connectivity index (χ2v) is 4.22. The maximum absolute atomic E-state index is 13.2. The predicted octanol–water partition coefficient (Wildman–Crippen LogP) is 2.60. The quantitative estimate of drug-likeness (QED) is 0.730. The zero-order valence-electron chi connectivity index (χ0n) is 7.76. The molecule has 0 atom stereocenters. The summed E-state index contributed by atoms with van der Waals surface area (Å²) in [4.78, 5) is 3.78.